The summed E-state index contributed by atoms with van der Waals surface area (Å²) in [6.45, 7) is 13.8. The van der Waals surface area contributed by atoms with E-state index in [-0.39, 0.29) is 29.4 Å². The number of guanidine groups is 1. The van der Waals surface area contributed by atoms with Gasteiger partial charge < -0.3 is 20.3 Å². The Balaban J connectivity index is 0.00000625. The first kappa shape index (κ1) is 25.6. The predicted molar refractivity (Wildman–Crippen MR) is 123 cm³/mol. The van der Waals surface area contributed by atoms with Gasteiger partial charge in [-0.3, -0.25) is 0 Å². The smallest absolute Gasteiger partial charge is 0.191 e. The van der Waals surface area contributed by atoms with Gasteiger partial charge in [-0.25, -0.2) is 9.98 Å². The van der Waals surface area contributed by atoms with Gasteiger partial charge in [0.05, 0.1) is 17.2 Å². The molecule has 0 radical (unpaired) electrons. The summed E-state index contributed by atoms with van der Waals surface area (Å²) in [4.78, 5) is 11.6. The predicted octanol–water partition coefficient (Wildman–Crippen LogP) is 3.08. The molecular formula is C18H36IN5OS. The van der Waals surface area contributed by atoms with E-state index in [2.05, 4.69) is 60.6 Å². The third kappa shape index (κ3) is 10.6. The number of rotatable bonds is 10. The second kappa shape index (κ2) is 13.7. The number of aromatic nitrogens is 1. The van der Waals surface area contributed by atoms with Crippen LogP contribution in [0.4, 0.5) is 0 Å². The quantitative estimate of drug-likeness (QED) is 0.225. The highest BCUT2D eigenvalue weighted by Gasteiger charge is 2.17. The Morgan fingerprint density at radius 1 is 1.31 bits per heavy atom. The molecule has 0 aliphatic carbocycles. The normalized spacial score (nSPS) is 12.2. The van der Waals surface area contributed by atoms with Crippen molar-refractivity contribution in [1.82, 2.24) is 20.5 Å². The summed E-state index contributed by atoms with van der Waals surface area (Å²) in [5.74, 6) is 0.845. The molecule has 0 aliphatic rings. The van der Waals surface area contributed by atoms with Crippen molar-refractivity contribution in [2.75, 3.05) is 46.9 Å². The van der Waals surface area contributed by atoms with Gasteiger partial charge in [0.15, 0.2) is 5.96 Å². The lowest BCUT2D eigenvalue weighted by Gasteiger charge is -2.18. The zero-order valence-corrected chi connectivity index (χ0v) is 20.2. The van der Waals surface area contributed by atoms with Crippen molar-refractivity contribution in [3.05, 3.63) is 16.1 Å². The molecular weight excluding hydrogens is 461 g/mol. The first-order valence-corrected chi connectivity index (χ1v) is 9.89. The highest BCUT2D eigenvalue weighted by molar-refractivity contribution is 14.0. The van der Waals surface area contributed by atoms with E-state index in [1.807, 2.05) is 0 Å². The molecule has 1 aromatic heterocycles. The van der Waals surface area contributed by atoms with Crippen LogP contribution in [0, 0.1) is 0 Å². The van der Waals surface area contributed by atoms with Gasteiger partial charge in [-0.1, -0.05) is 20.8 Å². The van der Waals surface area contributed by atoms with Crippen LogP contribution < -0.4 is 10.6 Å². The van der Waals surface area contributed by atoms with Crippen molar-refractivity contribution in [2.24, 2.45) is 4.99 Å². The molecule has 0 saturated heterocycles. The third-order valence-electron chi connectivity index (χ3n) is 3.61. The highest BCUT2D eigenvalue weighted by Crippen LogP contribution is 2.25. The number of nitrogens with one attached hydrogen (secondary N) is 2. The van der Waals surface area contributed by atoms with Crippen LogP contribution in [0.1, 0.15) is 44.8 Å². The van der Waals surface area contributed by atoms with Crippen molar-refractivity contribution >= 4 is 41.3 Å². The molecule has 152 valence electrons. The van der Waals surface area contributed by atoms with Crippen LogP contribution in [-0.2, 0) is 16.7 Å². The van der Waals surface area contributed by atoms with Gasteiger partial charge in [-0.05, 0) is 20.4 Å². The maximum absolute atomic E-state index is 5.09. The molecule has 0 aliphatic heterocycles. The topological polar surface area (TPSA) is 61.8 Å². The lowest BCUT2D eigenvalue weighted by Crippen LogP contribution is -2.41. The number of nitrogens with zero attached hydrogens (tertiary/aromatic N) is 3. The van der Waals surface area contributed by atoms with Crippen LogP contribution in [0.25, 0.3) is 0 Å². The minimum atomic E-state index is 0. The van der Waals surface area contributed by atoms with Crippen LogP contribution in [0.15, 0.2) is 10.4 Å². The Morgan fingerprint density at radius 3 is 2.62 bits per heavy atom. The van der Waals surface area contributed by atoms with Crippen molar-refractivity contribution in [3.8, 4) is 0 Å². The second-order valence-electron chi connectivity index (χ2n) is 7.17. The Kier molecular flexibility index (Phi) is 13.4. The lowest BCUT2D eigenvalue weighted by molar-refractivity contribution is 0.180. The zero-order chi connectivity index (χ0) is 18.7. The molecule has 0 unspecified atom stereocenters. The largest absolute Gasteiger partial charge is 0.385 e. The first-order valence-electron chi connectivity index (χ1n) is 9.01. The summed E-state index contributed by atoms with van der Waals surface area (Å²) in [6, 6.07) is 0. The lowest BCUT2D eigenvalue weighted by atomic mass is 9.98. The van der Waals surface area contributed by atoms with Gasteiger partial charge in [-0.2, -0.15) is 0 Å². The number of halogens is 1. The molecule has 2 N–H and O–H groups in total. The van der Waals surface area contributed by atoms with Crippen LogP contribution in [0.3, 0.4) is 0 Å². The Bertz CT molecular complexity index is 516. The summed E-state index contributed by atoms with van der Waals surface area (Å²) in [5, 5.41) is 9.95. The number of aliphatic imine (C=N–C) groups is 1. The number of methoxy groups -OCH3 is 1. The summed E-state index contributed by atoms with van der Waals surface area (Å²) >= 11 is 1.71. The minimum Gasteiger partial charge on any atom is -0.385 e. The molecule has 26 heavy (non-hydrogen) atoms. The molecule has 0 saturated carbocycles. The van der Waals surface area contributed by atoms with Crippen molar-refractivity contribution in [3.63, 3.8) is 0 Å². The van der Waals surface area contributed by atoms with Gasteiger partial charge in [0.1, 0.15) is 0 Å². The van der Waals surface area contributed by atoms with E-state index < -0.39 is 0 Å². The van der Waals surface area contributed by atoms with Gasteiger partial charge in [-0.15, -0.1) is 35.3 Å². The Hall–Kier alpha value is -0.450. The van der Waals surface area contributed by atoms with Gasteiger partial charge >= 0.3 is 0 Å². The van der Waals surface area contributed by atoms with Gasteiger partial charge in [0.2, 0.25) is 0 Å². The summed E-state index contributed by atoms with van der Waals surface area (Å²) in [5.41, 5.74) is 1.13. The number of hydrogen-bond donors (Lipinski definition) is 2. The van der Waals surface area contributed by atoms with Crippen molar-refractivity contribution < 1.29 is 4.74 Å². The molecule has 6 nitrogen and oxygen atoms in total. The van der Waals surface area contributed by atoms with E-state index in [1.54, 1.807) is 18.4 Å². The van der Waals surface area contributed by atoms with Gasteiger partial charge in [0.25, 0.3) is 0 Å². The molecule has 0 amide bonds. The molecule has 1 rings (SSSR count). The minimum absolute atomic E-state index is 0. The fourth-order valence-corrected chi connectivity index (χ4v) is 3.08. The molecule has 0 fully saturated rings. The molecule has 0 aromatic carbocycles. The fourth-order valence-electron chi connectivity index (χ4n) is 2.18. The Morgan fingerprint density at radius 2 is 2.04 bits per heavy atom. The van der Waals surface area contributed by atoms with Crippen LogP contribution in [0.5, 0.6) is 0 Å². The summed E-state index contributed by atoms with van der Waals surface area (Å²) in [6.07, 6.45) is 1.06. The van der Waals surface area contributed by atoms with E-state index in [0.717, 1.165) is 55.9 Å². The average Bonchev–Trinajstić information content (AvgIpc) is 3.02. The molecule has 1 aromatic rings. The fraction of sp³-hybridized carbons (Fsp3) is 0.778. The summed E-state index contributed by atoms with van der Waals surface area (Å²) in [7, 11) is 3.87. The maximum Gasteiger partial charge on any atom is 0.191 e. The highest BCUT2D eigenvalue weighted by atomic mass is 127. The number of thiazole rings is 1. The monoisotopic (exact) mass is 497 g/mol. The van der Waals surface area contributed by atoms with Crippen LogP contribution in [-0.4, -0.2) is 62.8 Å². The maximum atomic E-state index is 5.09. The van der Waals surface area contributed by atoms with E-state index in [4.69, 9.17) is 9.72 Å². The molecule has 0 atom stereocenters. The molecule has 0 spiro atoms. The van der Waals surface area contributed by atoms with E-state index in [0.29, 0.717) is 6.54 Å². The summed E-state index contributed by atoms with van der Waals surface area (Å²) < 4.78 is 5.09. The van der Waals surface area contributed by atoms with Crippen molar-refractivity contribution in [1.29, 1.82) is 0 Å². The Labute approximate surface area is 180 Å². The number of hydrogen-bond acceptors (Lipinski definition) is 5. The van der Waals surface area contributed by atoms with E-state index in [9.17, 15) is 0 Å². The standard InChI is InChI=1S/C18H35N5OS.HI/c1-7-19-17(20-9-11-23(5)10-8-12-24-6)21-13-15-14-25-16(22-15)18(2,3)4;/h14H,7-13H2,1-6H3,(H2,19,20,21);1H. The SMILES string of the molecule is CCNC(=NCc1csc(C(C)(C)C)n1)NCCN(C)CCCOC.I. The second-order valence-corrected chi connectivity index (χ2v) is 8.02. The number of likely N-dealkylation sites (N-methyl/N-ethyl adjacent to an activating group) is 1. The van der Waals surface area contributed by atoms with E-state index >= 15 is 0 Å². The van der Waals surface area contributed by atoms with Crippen LogP contribution >= 0.6 is 35.3 Å². The van der Waals surface area contributed by atoms with Crippen molar-refractivity contribution in [2.45, 2.75) is 46.1 Å². The zero-order valence-electron chi connectivity index (χ0n) is 17.1. The van der Waals surface area contributed by atoms with Crippen LogP contribution in [0.2, 0.25) is 0 Å². The third-order valence-corrected chi connectivity index (χ3v) is 4.93. The van der Waals surface area contributed by atoms with E-state index in [1.165, 1.54) is 0 Å². The number of ether oxygens (including phenoxy) is 1. The molecule has 1 heterocycles. The molecule has 0 bridgehead atoms. The van der Waals surface area contributed by atoms with Gasteiger partial charge in [0, 0.05) is 50.7 Å². The average molecular weight is 497 g/mol. The first-order chi connectivity index (χ1) is 11.9. The molecule has 8 heteroatoms.